The molecule has 5 aromatic rings. The Bertz CT molecular complexity index is 1650. The number of fused-ring (bicyclic) bond motifs is 3. The third kappa shape index (κ3) is 5.46. The third-order valence-corrected chi connectivity index (χ3v) is 9.47. The highest BCUT2D eigenvalue weighted by Gasteiger charge is 2.23. The van der Waals surface area contributed by atoms with Gasteiger partial charge in [0.25, 0.3) is 0 Å². The Morgan fingerprint density at radius 3 is 2.72 bits per heavy atom. The Kier molecular flexibility index (Phi) is 8.33. The lowest BCUT2D eigenvalue weighted by molar-refractivity contribution is 0.215. The minimum Gasteiger partial charge on any atom is -0.440 e. The molecule has 1 unspecified atom stereocenters. The van der Waals surface area contributed by atoms with Gasteiger partial charge in [0.05, 0.1) is 9.99 Å². The molecule has 1 aliphatic heterocycles. The van der Waals surface area contributed by atoms with E-state index in [0.29, 0.717) is 11.9 Å². The maximum Gasteiger partial charge on any atom is 0.192 e. The molecule has 204 valence electrons. The highest BCUT2D eigenvalue weighted by molar-refractivity contribution is 9.10. The first kappa shape index (κ1) is 28.1. The molecule has 0 amide bonds. The van der Waals surface area contributed by atoms with Crippen LogP contribution in [0.1, 0.15) is 36.1 Å². The molecule has 2 aromatic carbocycles. The van der Waals surface area contributed by atoms with E-state index in [2.05, 4.69) is 89.9 Å². The summed E-state index contributed by atoms with van der Waals surface area (Å²) >= 11 is 5.59. The van der Waals surface area contributed by atoms with Gasteiger partial charge in [0, 0.05) is 55.5 Å². The first-order chi connectivity index (χ1) is 18.4. The van der Waals surface area contributed by atoms with Gasteiger partial charge in [-0.05, 0) is 78.4 Å². The standard InChI is InChI=1S/C29H31BrN6OS.ClH/c1-17-8-9-22-23(6-5-7-24(22)31-17)28-33-34-29(35(28)4)38-15-12-18(2)36-13-10-20-16-25-27(37-19(3)32-25)26(30)21(20)11-14-36;/h5-9,16,18H,10-15H2,1-4H3;1H. The predicted molar refractivity (Wildman–Crippen MR) is 164 cm³/mol. The number of halogens is 2. The molecule has 0 spiro atoms. The van der Waals surface area contributed by atoms with Crippen LogP contribution in [-0.2, 0) is 19.9 Å². The molecule has 0 N–H and O–H groups in total. The van der Waals surface area contributed by atoms with Crippen molar-refractivity contribution in [2.24, 2.45) is 7.05 Å². The molecule has 0 saturated carbocycles. The van der Waals surface area contributed by atoms with Crippen molar-refractivity contribution < 1.29 is 4.42 Å². The Hall–Kier alpha value is -2.46. The average Bonchev–Trinajstić information content (AvgIpc) is 3.37. The van der Waals surface area contributed by atoms with E-state index in [1.165, 1.54) is 11.1 Å². The summed E-state index contributed by atoms with van der Waals surface area (Å²) < 4.78 is 9.03. The van der Waals surface area contributed by atoms with Crippen molar-refractivity contribution in [3.63, 3.8) is 0 Å². The molecule has 3 aromatic heterocycles. The second kappa shape index (κ2) is 11.6. The van der Waals surface area contributed by atoms with Gasteiger partial charge in [-0.25, -0.2) is 4.98 Å². The molecule has 1 aliphatic rings. The molecular weight excluding hydrogens is 596 g/mol. The van der Waals surface area contributed by atoms with Crippen LogP contribution in [0.4, 0.5) is 0 Å². The summed E-state index contributed by atoms with van der Waals surface area (Å²) in [5.74, 6) is 2.59. The number of nitrogens with zero attached hydrogens (tertiary/aromatic N) is 6. The topological polar surface area (TPSA) is 72.9 Å². The van der Waals surface area contributed by atoms with Crippen molar-refractivity contribution in [1.82, 2.24) is 29.6 Å². The van der Waals surface area contributed by atoms with E-state index in [1.807, 2.05) is 19.9 Å². The van der Waals surface area contributed by atoms with E-state index in [-0.39, 0.29) is 12.4 Å². The van der Waals surface area contributed by atoms with Crippen LogP contribution in [0.2, 0.25) is 0 Å². The monoisotopic (exact) mass is 626 g/mol. The highest BCUT2D eigenvalue weighted by Crippen LogP contribution is 2.34. The Labute approximate surface area is 247 Å². The van der Waals surface area contributed by atoms with Crippen LogP contribution >= 0.6 is 40.1 Å². The summed E-state index contributed by atoms with van der Waals surface area (Å²) in [5.41, 5.74) is 7.63. The molecule has 7 nitrogen and oxygen atoms in total. The van der Waals surface area contributed by atoms with E-state index >= 15 is 0 Å². The fraction of sp³-hybridized carbons (Fsp3) is 0.379. The van der Waals surface area contributed by atoms with Crippen LogP contribution in [0.3, 0.4) is 0 Å². The molecule has 6 rings (SSSR count). The highest BCUT2D eigenvalue weighted by atomic mass is 79.9. The largest absolute Gasteiger partial charge is 0.440 e. The number of thioether (sulfide) groups is 1. The summed E-state index contributed by atoms with van der Waals surface area (Å²) in [4.78, 5) is 11.8. The van der Waals surface area contributed by atoms with Gasteiger partial charge in [0.15, 0.2) is 22.5 Å². The average molecular weight is 628 g/mol. The lowest BCUT2D eigenvalue weighted by Crippen LogP contribution is -2.35. The Morgan fingerprint density at radius 2 is 1.87 bits per heavy atom. The predicted octanol–water partition coefficient (Wildman–Crippen LogP) is 6.94. The Balaban J connectivity index is 0.00000308. The first-order valence-electron chi connectivity index (χ1n) is 13.1. The van der Waals surface area contributed by atoms with Crippen molar-refractivity contribution >= 4 is 62.1 Å². The number of rotatable bonds is 6. The minimum absolute atomic E-state index is 0. The van der Waals surface area contributed by atoms with E-state index in [0.717, 1.165) is 86.8 Å². The summed E-state index contributed by atoms with van der Waals surface area (Å²) in [6.07, 6.45) is 3.12. The fourth-order valence-corrected chi connectivity index (χ4v) is 7.18. The van der Waals surface area contributed by atoms with E-state index in [4.69, 9.17) is 4.42 Å². The summed E-state index contributed by atoms with van der Waals surface area (Å²) in [7, 11) is 2.05. The number of aryl methyl sites for hydroxylation is 2. The second-order valence-corrected chi connectivity index (χ2v) is 12.0. The van der Waals surface area contributed by atoms with E-state index in [9.17, 15) is 0 Å². The van der Waals surface area contributed by atoms with Gasteiger partial charge in [-0.3, -0.25) is 9.88 Å². The van der Waals surface area contributed by atoms with Gasteiger partial charge in [0.1, 0.15) is 5.52 Å². The van der Waals surface area contributed by atoms with Gasteiger partial charge in [0.2, 0.25) is 0 Å². The molecular formula is C29H32BrClN6OS. The molecule has 0 bridgehead atoms. The number of benzene rings is 2. The molecule has 4 heterocycles. The van der Waals surface area contributed by atoms with Crippen molar-refractivity contribution in [3.05, 3.63) is 63.6 Å². The molecule has 0 aliphatic carbocycles. The summed E-state index contributed by atoms with van der Waals surface area (Å²) in [6, 6.07) is 13.1. The van der Waals surface area contributed by atoms with Crippen molar-refractivity contribution in [3.8, 4) is 11.4 Å². The van der Waals surface area contributed by atoms with Crippen LogP contribution in [0.15, 0.2) is 50.4 Å². The van der Waals surface area contributed by atoms with E-state index in [1.54, 1.807) is 11.8 Å². The summed E-state index contributed by atoms with van der Waals surface area (Å²) in [6.45, 7) is 8.36. The number of pyridine rings is 1. The van der Waals surface area contributed by atoms with Gasteiger partial charge >= 0.3 is 0 Å². The summed E-state index contributed by atoms with van der Waals surface area (Å²) in [5, 5.41) is 11.1. The van der Waals surface area contributed by atoms with Gasteiger partial charge < -0.3 is 8.98 Å². The molecule has 1 atom stereocenters. The number of oxazole rings is 1. The minimum atomic E-state index is 0. The molecule has 0 fully saturated rings. The molecule has 0 saturated heterocycles. The maximum absolute atomic E-state index is 5.85. The second-order valence-electron chi connectivity index (χ2n) is 10.1. The quantitative estimate of drug-likeness (QED) is 0.189. The van der Waals surface area contributed by atoms with Crippen molar-refractivity contribution in [1.29, 1.82) is 0 Å². The SMILES string of the molecule is Cc1ccc2c(-c3nnc(SCCC(C)N4CCc5cc6nc(C)oc6c(Br)c5CC4)n3C)cccc2n1.Cl. The number of aromatic nitrogens is 5. The van der Waals surface area contributed by atoms with Gasteiger partial charge in [-0.15, -0.1) is 22.6 Å². The first-order valence-corrected chi connectivity index (χ1v) is 14.9. The van der Waals surface area contributed by atoms with Crippen molar-refractivity contribution in [2.75, 3.05) is 18.8 Å². The Morgan fingerprint density at radius 1 is 1.05 bits per heavy atom. The third-order valence-electron chi connectivity index (χ3n) is 7.58. The zero-order chi connectivity index (χ0) is 26.4. The fourth-order valence-electron chi connectivity index (χ4n) is 5.42. The zero-order valence-corrected chi connectivity index (χ0v) is 25.8. The number of hydrogen-bond donors (Lipinski definition) is 0. The zero-order valence-electron chi connectivity index (χ0n) is 22.6. The molecule has 39 heavy (non-hydrogen) atoms. The van der Waals surface area contributed by atoms with Crippen LogP contribution < -0.4 is 0 Å². The van der Waals surface area contributed by atoms with E-state index < -0.39 is 0 Å². The van der Waals surface area contributed by atoms with Crippen LogP contribution in [0.5, 0.6) is 0 Å². The lowest BCUT2D eigenvalue weighted by Gasteiger charge is -2.27. The smallest absolute Gasteiger partial charge is 0.192 e. The van der Waals surface area contributed by atoms with Gasteiger partial charge in [-0.2, -0.15) is 0 Å². The van der Waals surface area contributed by atoms with Crippen LogP contribution in [0.25, 0.3) is 33.4 Å². The lowest BCUT2D eigenvalue weighted by atomic mass is 10.0. The maximum atomic E-state index is 5.85. The normalized spacial score (nSPS) is 14.8. The number of hydrogen-bond acceptors (Lipinski definition) is 7. The molecule has 10 heteroatoms. The van der Waals surface area contributed by atoms with Crippen molar-refractivity contribution in [2.45, 2.75) is 51.2 Å². The van der Waals surface area contributed by atoms with Crippen LogP contribution in [0, 0.1) is 13.8 Å². The molecule has 0 radical (unpaired) electrons. The van der Waals surface area contributed by atoms with Gasteiger partial charge in [-0.1, -0.05) is 30.0 Å². The van der Waals surface area contributed by atoms with Crippen LogP contribution in [-0.4, -0.2) is 54.5 Å².